The number of rotatable bonds is 4. The lowest BCUT2D eigenvalue weighted by molar-refractivity contribution is -0.115. The smallest absolute Gasteiger partial charge is 0.229 e. The van der Waals surface area contributed by atoms with E-state index in [4.69, 9.17) is 0 Å². The average Bonchev–Trinajstić information content (AvgIpc) is 2.82. The summed E-state index contributed by atoms with van der Waals surface area (Å²) < 4.78 is 0. The highest BCUT2D eigenvalue weighted by Crippen LogP contribution is 2.16. The Morgan fingerprint density at radius 2 is 1.94 bits per heavy atom. The third-order valence-electron chi connectivity index (χ3n) is 2.50. The fourth-order valence-corrected chi connectivity index (χ4v) is 2.37. The lowest BCUT2D eigenvalue weighted by Crippen LogP contribution is -2.15. The molecule has 92 valence electrons. The van der Waals surface area contributed by atoms with Crippen molar-refractivity contribution in [1.29, 1.82) is 0 Å². The first-order chi connectivity index (χ1) is 8.66. The molecular weight excluding hydrogens is 246 g/mol. The number of amides is 1. The van der Waals surface area contributed by atoms with E-state index >= 15 is 0 Å². The van der Waals surface area contributed by atoms with Gasteiger partial charge in [0.05, 0.1) is 12.1 Å². The van der Waals surface area contributed by atoms with Gasteiger partial charge in [0.15, 0.2) is 5.78 Å². The molecule has 0 radical (unpaired) electrons. The zero-order valence-electron chi connectivity index (χ0n) is 9.97. The highest BCUT2D eigenvalue weighted by molar-refractivity contribution is 7.10. The van der Waals surface area contributed by atoms with Gasteiger partial charge in [-0.1, -0.05) is 18.2 Å². The number of thiophene rings is 1. The van der Waals surface area contributed by atoms with Crippen LogP contribution < -0.4 is 5.32 Å². The van der Waals surface area contributed by atoms with Crippen molar-refractivity contribution in [2.24, 2.45) is 0 Å². The largest absolute Gasteiger partial charge is 0.325 e. The molecule has 18 heavy (non-hydrogen) atoms. The Labute approximate surface area is 109 Å². The van der Waals surface area contributed by atoms with Crippen LogP contribution in [0.1, 0.15) is 22.2 Å². The molecular formula is C14H13NO2S. The van der Waals surface area contributed by atoms with E-state index in [9.17, 15) is 9.59 Å². The lowest BCUT2D eigenvalue weighted by Gasteiger charge is -2.08. The summed E-state index contributed by atoms with van der Waals surface area (Å²) in [7, 11) is 0. The van der Waals surface area contributed by atoms with Crippen LogP contribution in [0.4, 0.5) is 5.69 Å². The maximum atomic E-state index is 11.8. The number of carbonyl (C=O) groups excluding carboxylic acids is 2. The number of carbonyl (C=O) groups is 2. The zero-order valence-corrected chi connectivity index (χ0v) is 10.8. The first-order valence-electron chi connectivity index (χ1n) is 5.59. The van der Waals surface area contributed by atoms with Gasteiger partial charge >= 0.3 is 0 Å². The van der Waals surface area contributed by atoms with E-state index in [0.717, 1.165) is 4.88 Å². The predicted molar refractivity (Wildman–Crippen MR) is 73.1 cm³/mol. The van der Waals surface area contributed by atoms with Crippen molar-refractivity contribution in [3.05, 3.63) is 52.2 Å². The van der Waals surface area contributed by atoms with Crippen LogP contribution in [0.15, 0.2) is 41.8 Å². The summed E-state index contributed by atoms with van der Waals surface area (Å²) in [5.41, 5.74) is 1.11. The molecule has 0 saturated heterocycles. The summed E-state index contributed by atoms with van der Waals surface area (Å²) in [5, 5.41) is 4.71. The quantitative estimate of drug-likeness (QED) is 0.857. The van der Waals surface area contributed by atoms with Crippen LogP contribution in [0, 0.1) is 0 Å². The number of anilines is 1. The van der Waals surface area contributed by atoms with E-state index in [2.05, 4.69) is 5.32 Å². The molecule has 0 aliphatic carbocycles. The summed E-state index contributed by atoms with van der Waals surface area (Å²) >= 11 is 1.54. The number of hydrogen-bond acceptors (Lipinski definition) is 3. The number of benzene rings is 1. The first-order valence-corrected chi connectivity index (χ1v) is 6.47. The third kappa shape index (κ3) is 3.05. The molecule has 0 atom stereocenters. The summed E-state index contributed by atoms with van der Waals surface area (Å²) in [4.78, 5) is 24.3. The van der Waals surface area contributed by atoms with Crippen LogP contribution >= 0.6 is 11.3 Å². The molecule has 3 nitrogen and oxygen atoms in total. The molecule has 0 saturated carbocycles. The average molecular weight is 259 g/mol. The van der Waals surface area contributed by atoms with E-state index in [1.807, 2.05) is 17.5 Å². The molecule has 0 aliphatic heterocycles. The van der Waals surface area contributed by atoms with Crippen molar-refractivity contribution < 1.29 is 9.59 Å². The van der Waals surface area contributed by atoms with E-state index < -0.39 is 0 Å². The van der Waals surface area contributed by atoms with Crippen LogP contribution in [0.25, 0.3) is 0 Å². The van der Waals surface area contributed by atoms with Crippen LogP contribution in [0.3, 0.4) is 0 Å². The monoisotopic (exact) mass is 259 g/mol. The van der Waals surface area contributed by atoms with E-state index in [-0.39, 0.29) is 11.7 Å². The van der Waals surface area contributed by atoms with Crippen LogP contribution in [-0.2, 0) is 11.2 Å². The summed E-state index contributed by atoms with van der Waals surface area (Å²) in [6.07, 6.45) is 0.337. The number of Topliss-reactive ketones (excluding diaryl/α,β-unsaturated/α-hetero) is 1. The molecule has 1 aromatic carbocycles. The van der Waals surface area contributed by atoms with Crippen molar-refractivity contribution in [2.45, 2.75) is 13.3 Å². The van der Waals surface area contributed by atoms with Crippen molar-refractivity contribution >= 4 is 28.7 Å². The molecule has 1 aromatic heterocycles. The van der Waals surface area contributed by atoms with E-state index in [0.29, 0.717) is 17.7 Å². The first kappa shape index (κ1) is 12.5. The Morgan fingerprint density at radius 1 is 1.17 bits per heavy atom. The van der Waals surface area contributed by atoms with Crippen molar-refractivity contribution in [1.82, 2.24) is 0 Å². The molecule has 4 heteroatoms. The molecule has 2 rings (SSSR count). The summed E-state index contributed by atoms with van der Waals surface area (Å²) in [6, 6.07) is 10.9. The Bertz CT molecular complexity index is 561. The highest BCUT2D eigenvalue weighted by atomic mass is 32.1. The van der Waals surface area contributed by atoms with Gasteiger partial charge in [0.1, 0.15) is 0 Å². The van der Waals surface area contributed by atoms with Gasteiger partial charge in [-0.3, -0.25) is 9.59 Å². The zero-order chi connectivity index (χ0) is 13.0. The van der Waals surface area contributed by atoms with Crippen molar-refractivity contribution in [3.63, 3.8) is 0 Å². The van der Waals surface area contributed by atoms with Gasteiger partial charge in [0, 0.05) is 10.4 Å². The van der Waals surface area contributed by atoms with E-state index in [1.165, 1.54) is 6.92 Å². The van der Waals surface area contributed by atoms with Crippen LogP contribution in [0.5, 0.6) is 0 Å². The minimum Gasteiger partial charge on any atom is -0.325 e. The summed E-state index contributed by atoms with van der Waals surface area (Å²) in [6.45, 7) is 1.49. The third-order valence-corrected chi connectivity index (χ3v) is 3.37. The molecule has 0 spiro atoms. The molecule has 1 N–H and O–H groups in total. The maximum Gasteiger partial charge on any atom is 0.229 e. The van der Waals surface area contributed by atoms with Gasteiger partial charge in [-0.15, -0.1) is 11.3 Å². The standard InChI is InChI=1S/C14H13NO2S/c1-10(16)12-6-2-3-7-13(12)15-14(17)9-11-5-4-8-18-11/h2-8H,9H2,1H3,(H,15,17). The second-order valence-corrected chi connectivity index (χ2v) is 4.94. The van der Waals surface area contributed by atoms with Crippen molar-refractivity contribution in [2.75, 3.05) is 5.32 Å². The molecule has 0 aliphatic rings. The summed E-state index contributed by atoms with van der Waals surface area (Å²) in [5.74, 6) is -0.159. The Hall–Kier alpha value is -1.94. The molecule has 0 fully saturated rings. The number of para-hydroxylation sites is 1. The second kappa shape index (κ2) is 5.60. The van der Waals surface area contributed by atoms with Gasteiger partial charge < -0.3 is 5.32 Å². The number of hydrogen-bond donors (Lipinski definition) is 1. The van der Waals surface area contributed by atoms with Gasteiger partial charge in [-0.2, -0.15) is 0 Å². The van der Waals surface area contributed by atoms with Crippen LogP contribution in [0.2, 0.25) is 0 Å². The molecule has 1 amide bonds. The number of ketones is 1. The molecule has 0 unspecified atom stereocenters. The fraction of sp³-hybridized carbons (Fsp3) is 0.143. The number of nitrogens with one attached hydrogen (secondary N) is 1. The van der Waals surface area contributed by atoms with Gasteiger partial charge in [-0.05, 0) is 30.5 Å². The fourth-order valence-electron chi connectivity index (χ4n) is 1.66. The Morgan fingerprint density at radius 3 is 2.61 bits per heavy atom. The van der Waals surface area contributed by atoms with Gasteiger partial charge in [0.2, 0.25) is 5.91 Å². The molecule has 2 aromatic rings. The minimum atomic E-state index is -0.105. The lowest BCUT2D eigenvalue weighted by atomic mass is 10.1. The van der Waals surface area contributed by atoms with Gasteiger partial charge in [-0.25, -0.2) is 0 Å². The predicted octanol–water partition coefficient (Wildman–Crippen LogP) is 3.13. The van der Waals surface area contributed by atoms with Gasteiger partial charge in [0.25, 0.3) is 0 Å². The van der Waals surface area contributed by atoms with Crippen LogP contribution in [-0.4, -0.2) is 11.7 Å². The topological polar surface area (TPSA) is 46.2 Å². The molecule has 0 bridgehead atoms. The normalized spacial score (nSPS) is 10.1. The highest BCUT2D eigenvalue weighted by Gasteiger charge is 2.10. The maximum absolute atomic E-state index is 11.8. The van der Waals surface area contributed by atoms with E-state index in [1.54, 1.807) is 35.6 Å². The Kier molecular flexibility index (Phi) is 3.89. The SMILES string of the molecule is CC(=O)c1ccccc1NC(=O)Cc1cccs1. The molecule has 1 heterocycles. The van der Waals surface area contributed by atoms with Crippen molar-refractivity contribution in [3.8, 4) is 0 Å². The minimum absolute atomic E-state index is 0.0537. The Balaban J connectivity index is 2.09. The second-order valence-electron chi connectivity index (χ2n) is 3.91.